The second kappa shape index (κ2) is 10.2. The van der Waals surface area contributed by atoms with Gasteiger partial charge in [0.15, 0.2) is 0 Å². The molecule has 1 aromatic heterocycles. The SMILES string of the molecule is CC(=O)OCCCn1c[n+](C2CCC(C(C(N)=O)(c3ccccc3)c3ccccc3)C2)cc1C. The van der Waals surface area contributed by atoms with E-state index in [9.17, 15) is 9.59 Å². The normalized spacial score (nSPS) is 18.1. The minimum absolute atomic E-state index is 0.0972. The molecule has 2 atom stereocenters. The van der Waals surface area contributed by atoms with Crippen molar-refractivity contribution in [2.75, 3.05) is 6.61 Å². The maximum Gasteiger partial charge on any atom is 0.302 e. The number of nitrogens with two attached hydrogens (primary N) is 1. The zero-order valence-electron chi connectivity index (χ0n) is 20.0. The number of aromatic nitrogens is 2. The molecule has 34 heavy (non-hydrogen) atoms. The molecular formula is C28H34N3O3+. The molecule has 0 radical (unpaired) electrons. The Morgan fingerprint density at radius 1 is 1.06 bits per heavy atom. The van der Waals surface area contributed by atoms with Crippen LogP contribution in [0.4, 0.5) is 0 Å². The molecular weight excluding hydrogens is 426 g/mol. The smallest absolute Gasteiger partial charge is 0.302 e. The summed E-state index contributed by atoms with van der Waals surface area (Å²) in [6.07, 6.45) is 7.87. The second-order valence-corrected chi connectivity index (χ2v) is 9.29. The molecule has 2 N–H and O–H groups in total. The maximum absolute atomic E-state index is 13.3. The number of amides is 1. The van der Waals surface area contributed by atoms with Gasteiger partial charge < -0.3 is 10.5 Å². The molecule has 2 aromatic carbocycles. The zero-order valence-corrected chi connectivity index (χ0v) is 20.0. The Labute approximate surface area is 201 Å². The average Bonchev–Trinajstić information content (AvgIpc) is 3.46. The summed E-state index contributed by atoms with van der Waals surface area (Å²) in [4.78, 5) is 24.3. The third-order valence-electron chi connectivity index (χ3n) is 7.20. The lowest BCUT2D eigenvalue weighted by atomic mass is 9.64. The van der Waals surface area contributed by atoms with Crippen LogP contribution in [0.3, 0.4) is 0 Å². The van der Waals surface area contributed by atoms with Gasteiger partial charge >= 0.3 is 5.97 Å². The minimum atomic E-state index is -0.862. The average molecular weight is 461 g/mol. The van der Waals surface area contributed by atoms with Crippen LogP contribution in [0.1, 0.15) is 55.5 Å². The first-order valence-corrected chi connectivity index (χ1v) is 12.0. The van der Waals surface area contributed by atoms with Crippen molar-refractivity contribution in [3.05, 3.63) is 90.0 Å². The molecule has 0 aliphatic heterocycles. The number of nitrogens with zero attached hydrogens (tertiary/aromatic N) is 2. The highest BCUT2D eigenvalue weighted by Crippen LogP contribution is 2.48. The third-order valence-corrected chi connectivity index (χ3v) is 7.20. The Hall–Kier alpha value is -3.41. The summed E-state index contributed by atoms with van der Waals surface area (Å²) in [6.45, 7) is 4.74. The van der Waals surface area contributed by atoms with Gasteiger partial charge in [-0.1, -0.05) is 60.7 Å². The first kappa shape index (κ1) is 23.7. The number of carbonyl (C=O) groups excluding carboxylic acids is 2. The van der Waals surface area contributed by atoms with Crippen LogP contribution < -0.4 is 10.3 Å². The Morgan fingerprint density at radius 2 is 1.68 bits per heavy atom. The molecule has 0 saturated heterocycles. The van der Waals surface area contributed by atoms with Crippen LogP contribution in [-0.2, 0) is 26.3 Å². The molecule has 1 fully saturated rings. The van der Waals surface area contributed by atoms with Crippen molar-refractivity contribution in [3.63, 3.8) is 0 Å². The Morgan fingerprint density at radius 3 is 2.24 bits per heavy atom. The van der Waals surface area contributed by atoms with Gasteiger partial charge in [-0.15, -0.1) is 0 Å². The van der Waals surface area contributed by atoms with Gasteiger partial charge in [0.05, 0.1) is 13.2 Å². The van der Waals surface area contributed by atoms with Crippen molar-refractivity contribution in [1.82, 2.24) is 4.57 Å². The summed E-state index contributed by atoms with van der Waals surface area (Å²) in [5, 5.41) is 0. The van der Waals surface area contributed by atoms with Gasteiger partial charge in [-0.3, -0.25) is 9.59 Å². The fourth-order valence-electron chi connectivity index (χ4n) is 5.61. The molecule has 1 amide bonds. The number of hydrogen-bond acceptors (Lipinski definition) is 3. The molecule has 4 rings (SSSR count). The highest BCUT2D eigenvalue weighted by Gasteiger charge is 2.50. The molecule has 3 aromatic rings. The van der Waals surface area contributed by atoms with E-state index < -0.39 is 5.41 Å². The standard InChI is InChI=1S/C28H33N3O3/c1-21-19-31(20-30(21)16-9-17-34-22(2)32)26-15-14-25(18-26)28(27(29)33,23-10-5-3-6-11-23)24-12-7-4-8-13-24/h3-8,10-13,19-20,25-26H,9,14-18H2,1-2H3,(H-,29,33)/p+1. The van der Waals surface area contributed by atoms with E-state index >= 15 is 0 Å². The predicted octanol–water partition coefficient (Wildman–Crippen LogP) is 3.85. The first-order valence-electron chi connectivity index (χ1n) is 12.0. The van der Waals surface area contributed by atoms with Gasteiger partial charge in [-0.2, -0.15) is 0 Å². The Kier molecular flexibility index (Phi) is 7.15. The summed E-state index contributed by atoms with van der Waals surface area (Å²) in [7, 11) is 0. The van der Waals surface area contributed by atoms with Crippen molar-refractivity contribution in [2.24, 2.45) is 11.7 Å². The van der Waals surface area contributed by atoms with E-state index in [0.29, 0.717) is 12.6 Å². The Bertz CT molecular complexity index is 1080. The number of ether oxygens (including phenoxy) is 1. The van der Waals surface area contributed by atoms with Crippen LogP contribution in [0, 0.1) is 12.8 Å². The topological polar surface area (TPSA) is 78.2 Å². The molecule has 0 bridgehead atoms. The molecule has 2 unspecified atom stereocenters. The van der Waals surface area contributed by atoms with E-state index in [1.165, 1.54) is 12.6 Å². The molecule has 1 aliphatic carbocycles. The number of primary amides is 1. The summed E-state index contributed by atoms with van der Waals surface area (Å²) >= 11 is 0. The van der Waals surface area contributed by atoms with Gasteiger partial charge in [0.1, 0.15) is 23.3 Å². The molecule has 6 nitrogen and oxygen atoms in total. The first-order chi connectivity index (χ1) is 16.4. The van der Waals surface area contributed by atoms with Gasteiger partial charge in [-0.05, 0) is 36.3 Å². The van der Waals surface area contributed by atoms with Crippen molar-refractivity contribution in [3.8, 4) is 0 Å². The quantitative estimate of drug-likeness (QED) is 0.299. The monoisotopic (exact) mass is 460 g/mol. The molecule has 6 heteroatoms. The van der Waals surface area contributed by atoms with Gasteiger partial charge in [-0.25, -0.2) is 9.13 Å². The fourth-order valence-corrected chi connectivity index (χ4v) is 5.61. The highest BCUT2D eigenvalue weighted by molar-refractivity contribution is 5.91. The molecule has 1 heterocycles. The van der Waals surface area contributed by atoms with Crippen LogP contribution in [0.15, 0.2) is 73.2 Å². The van der Waals surface area contributed by atoms with Gasteiger partial charge in [0.2, 0.25) is 12.2 Å². The van der Waals surface area contributed by atoms with Crippen molar-refractivity contribution < 1.29 is 18.9 Å². The number of imidazole rings is 1. The summed E-state index contributed by atoms with van der Waals surface area (Å²) < 4.78 is 9.55. The van der Waals surface area contributed by atoms with Crippen LogP contribution in [-0.4, -0.2) is 23.1 Å². The number of esters is 1. The summed E-state index contributed by atoms with van der Waals surface area (Å²) in [5.74, 6) is -0.439. The molecule has 1 aliphatic rings. The summed E-state index contributed by atoms with van der Waals surface area (Å²) in [6, 6.07) is 20.3. The number of rotatable bonds is 9. The maximum atomic E-state index is 13.3. The van der Waals surface area contributed by atoms with Gasteiger partial charge in [0, 0.05) is 20.3 Å². The van der Waals surface area contributed by atoms with Crippen LogP contribution >= 0.6 is 0 Å². The number of aryl methyl sites for hydroxylation is 2. The zero-order chi connectivity index (χ0) is 24.1. The lowest BCUT2D eigenvalue weighted by Crippen LogP contribution is -2.48. The van der Waals surface area contributed by atoms with Gasteiger partial charge in [0.25, 0.3) is 0 Å². The van der Waals surface area contributed by atoms with E-state index in [1.807, 2.05) is 60.7 Å². The van der Waals surface area contributed by atoms with Crippen molar-refractivity contribution in [2.45, 2.75) is 57.5 Å². The predicted molar refractivity (Wildman–Crippen MR) is 130 cm³/mol. The lowest BCUT2D eigenvalue weighted by Gasteiger charge is -2.37. The van der Waals surface area contributed by atoms with E-state index in [4.69, 9.17) is 10.5 Å². The minimum Gasteiger partial charge on any atom is -0.466 e. The van der Waals surface area contributed by atoms with Crippen LogP contribution in [0.2, 0.25) is 0 Å². The molecule has 1 saturated carbocycles. The molecule has 178 valence electrons. The largest absolute Gasteiger partial charge is 0.466 e. The summed E-state index contributed by atoms with van der Waals surface area (Å²) in [5.41, 5.74) is 8.46. The van der Waals surface area contributed by atoms with E-state index in [-0.39, 0.29) is 17.8 Å². The third kappa shape index (κ3) is 4.63. The fraction of sp³-hybridized carbons (Fsp3) is 0.393. The van der Waals surface area contributed by atoms with Crippen molar-refractivity contribution >= 4 is 11.9 Å². The van der Waals surface area contributed by atoms with Crippen molar-refractivity contribution in [1.29, 1.82) is 0 Å². The Balaban J connectivity index is 1.60. The number of hydrogen-bond donors (Lipinski definition) is 1. The van der Waals surface area contributed by atoms with E-state index in [1.54, 1.807) is 0 Å². The van der Waals surface area contributed by atoms with Crippen LogP contribution in [0.25, 0.3) is 0 Å². The van der Waals surface area contributed by atoms with E-state index in [2.05, 4.69) is 28.6 Å². The number of carbonyl (C=O) groups is 2. The van der Waals surface area contributed by atoms with E-state index in [0.717, 1.165) is 43.4 Å². The second-order valence-electron chi connectivity index (χ2n) is 9.29. The molecule has 0 spiro atoms. The highest BCUT2D eigenvalue weighted by atomic mass is 16.5. The lowest BCUT2D eigenvalue weighted by molar-refractivity contribution is -0.721. The number of benzene rings is 2. The van der Waals surface area contributed by atoms with Crippen LogP contribution in [0.5, 0.6) is 0 Å².